The van der Waals surface area contributed by atoms with Crippen LogP contribution < -0.4 is 9.80 Å². The molecule has 0 aliphatic carbocycles. The summed E-state index contributed by atoms with van der Waals surface area (Å²) in [4.78, 5) is 4.54. The molecular formula is C45H32N2O2. The predicted molar refractivity (Wildman–Crippen MR) is 207 cm³/mol. The first-order valence-corrected chi connectivity index (χ1v) is 16.4. The molecule has 0 atom stereocenters. The van der Waals surface area contributed by atoms with Crippen molar-refractivity contribution in [3.05, 3.63) is 170 Å². The number of fused-ring (bicyclic) bond motifs is 7. The molecule has 0 aliphatic heterocycles. The van der Waals surface area contributed by atoms with Gasteiger partial charge in [0.2, 0.25) is 0 Å². The van der Waals surface area contributed by atoms with Crippen molar-refractivity contribution >= 4 is 89.0 Å². The summed E-state index contributed by atoms with van der Waals surface area (Å²) in [6.45, 7) is 3.95. The first-order chi connectivity index (χ1) is 24.2. The first kappa shape index (κ1) is 28.7. The number of para-hydroxylation sites is 2. The summed E-state index contributed by atoms with van der Waals surface area (Å²) in [6.07, 6.45) is 5.72. The van der Waals surface area contributed by atoms with Gasteiger partial charge >= 0.3 is 0 Å². The second-order valence-electron chi connectivity index (χ2n) is 12.3. The third kappa shape index (κ3) is 4.77. The summed E-state index contributed by atoms with van der Waals surface area (Å²) in [5.41, 5.74) is 7.56. The van der Waals surface area contributed by atoms with Gasteiger partial charge in [-0.2, -0.15) is 0 Å². The lowest BCUT2D eigenvalue weighted by molar-refractivity contribution is 0.605. The van der Waals surface area contributed by atoms with Crippen LogP contribution in [-0.2, 0) is 0 Å². The number of allylic oxidation sites excluding steroid dienone is 2. The fourth-order valence-electron chi connectivity index (χ4n) is 7.08. The van der Waals surface area contributed by atoms with Crippen LogP contribution in [0, 0.1) is 0 Å². The summed E-state index contributed by atoms with van der Waals surface area (Å²) >= 11 is 0. The fraction of sp³-hybridized carbons (Fsp3) is 0.0222. The van der Waals surface area contributed by atoms with Crippen molar-refractivity contribution in [2.45, 2.75) is 0 Å². The van der Waals surface area contributed by atoms with Gasteiger partial charge in [0.25, 0.3) is 0 Å². The first-order valence-electron chi connectivity index (χ1n) is 16.4. The summed E-state index contributed by atoms with van der Waals surface area (Å²) < 4.78 is 13.3. The molecule has 2 aromatic heterocycles. The van der Waals surface area contributed by atoms with Crippen LogP contribution in [0.4, 0.5) is 28.4 Å². The normalized spacial score (nSPS) is 11.8. The van der Waals surface area contributed by atoms with Crippen LogP contribution in [0.5, 0.6) is 0 Å². The maximum atomic E-state index is 7.00. The van der Waals surface area contributed by atoms with E-state index < -0.39 is 0 Å². The van der Waals surface area contributed by atoms with Crippen LogP contribution >= 0.6 is 0 Å². The smallest absolute Gasteiger partial charge is 0.161 e. The minimum Gasteiger partial charge on any atom is -0.456 e. The topological polar surface area (TPSA) is 32.8 Å². The van der Waals surface area contributed by atoms with Crippen LogP contribution in [0.2, 0.25) is 0 Å². The van der Waals surface area contributed by atoms with Crippen molar-refractivity contribution in [2.75, 3.05) is 16.8 Å². The molecule has 4 heteroatoms. The molecule has 0 spiro atoms. The number of hydrogen-bond donors (Lipinski definition) is 0. The van der Waals surface area contributed by atoms with Crippen LogP contribution in [0.3, 0.4) is 0 Å². The molecular weight excluding hydrogens is 601 g/mol. The lowest BCUT2D eigenvalue weighted by Crippen LogP contribution is -2.11. The highest BCUT2D eigenvalue weighted by atomic mass is 16.3. The number of hydrogen-bond acceptors (Lipinski definition) is 4. The fourth-order valence-corrected chi connectivity index (χ4v) is 7.08. The lowest BCUT2D eigenvalue weighted by Gasteiger charge is -2.27. The molecule has 9 aromatic rings. The molecule has 0 amide bonds. The summed E-state index contributed by atoms with van der Waals surface area (Å²) in [5, 5.41) is 7.79. The number of benzene rings is 7. The van der Waals surface area contributed by atoms with Gasteiger partial charge in [0, 0.05) is 34.9 Å². The zero-order valence-corrected chi connectivity index (χ0v) is 27.0. The van der Waals surface area contributed by atoms with E-state index in [0.29, 0.717) is 0 Å². The molecule has 0 fully saturated rings. The van der Waals surface area contributed by atoms with E-state index in [1.807, 2.05) is 30.4 Å². The molecule has 0 N–H and O–H groups in total. The van der Waals surface area contributed by atoms with Gasteiger partial charge in [-0.15, -0.1) is 0 Å². The van der Waals surface area contributed by atoms with Gasteiger partial charge in [-0.3, -0.25) is 0 Å². The van der Waals surface area contributed by atoms with Crippen molar-refractivity contribution in [3.63, 3.8) is 0 Å². The van der Waals surface area contributed by atoms with E-state index in [4.69, 9.17) is 8.83 Å². The highest BCUT2D eigenvalue weighted by Crippen LogP contribution is 2.49. The van der Waals surface area contributed by atoms with Crippen molar-refractivity contribution in [2.24, 2.45) is 0 Å². The van der Waals surface area contributed by atoms with Gasteiger partial charge in [-0.05, 0) is 82.2 Å². The summed E-state index contributed by atoms with van der Waals surface area (Å²) in [5.74, 6) is 0.758. The Balaban J connectivity index is 1.39. The molecule has 234 valence electrons. The monoisotopic (exact) mass is 632 g/mol. The average molecular weight is 633 g/mol. The van der Waals surface area contributed by atoms with E-state index in [9.17, 15) is 0 Å². The SMILES string of the molecule is C=C/C=C\c1oc2c(N(c3ccc4ccccc4c3)c3ccc4oc5ccccc5c4c3)cc3ccccc3c2c1N(C)c1ccccc1. The van der Waals surface area contributed by atoms with Gasteiger partial charge < -0.3 is 18.6 Å². The Hall–Kier alpha value is -6.52. The van der Waals surface area contributed by atoms with E-state index >= 15 is 0 Å². The maximum absolute atomic E-state index is 7.00. The van der Waals surface area contributed by atoms with E-state index in [1.165, 1.54) is 5.39 Å². The highest BCUT2D eigenvalue weighted by molar-refractivity contribution is 6.20. The number of furan rings is 2. The lowest BCUT2D eigenvalue weighted by atomic mass is 10.0. The second-order valence-corrected chi connectivity index (χ2v) is 12.3. The van der Waals surface area contributed by atoms with E-state index in [0.717, 1.165) is 83.3 Å². The van der Waals surface area contributed by atoms with Gasteiger partial charge in [-0.1, -0.05) is 110 Å². The predicted octanol–water partition coefficient (Wildman–Crippen LogP) is 13.1. The van der Waals surface area contributed by atoms with E-state index in [1.54, 1.807) is 6.08 Å². The highest BCUT2D eigenvalue weighted by Gasteiger charge is 2.26. The Kier molecular flexibility index (Phi) is 6.80. The average Bonchev–Trinajstić information content (AvgIpc) is 3.73. The third-order valence-electron chi connectivity index (χ3n) is 9.38. The Morgan fingerprint density at radius 1 is 0.551 bits per heavy atom. The zero-order valence-electron chi connectivity index (χ0n) is 27.0. The van der Waals surface area contributed by atoms with Crippen molar-refractivity contribution in [1.82, 2.24) is 0 Å². The van der Waals surface area contributed by atoms with E-state index in [2.05, 4.69) is 151 Å². The minimum atomic E-state index is 0.758. The van der Waals surface area contributed by atoms with Crippen LogP contribution in [0.15, 0.2) is 173 Å². The van der Waals surface area contributed by atoms with Crippen LogP contribution in [0.25, 0.3) is 60.5 Å². The summed E-state index contributed by atoms with van der Waals surface area (Å²) in [7, 11) is 2.10. The molecule has 7 aromatic carbocycles. The van der Waals surface area contributed by atoms with Crippen molar-refractivity contribution < 1.29 is 8.83 Å². The standard InChI is InChI=1S/C45H32N2O2/c1-3-4-21-42-44(46(2)33-17-6-5-7-18-33)43-36-19-11-10-16-32(36)28-39(45(43)49-42)47(34-24-23-30-14-8-9-15-31(30)27-34)35-25-26-41-38(29-35)37-20-12-13-22-40(37)48-41/h3-29H,1H2,2H3/b21-4-. The molecule has 9 rings (SSSR count). The summed E-state index contributed by atoms with van der Waals surface area (Å²) in [6, 6.07) is 51.0. The minimum absolute atomic E-state index is 0.758. The molecule has 0 aliphatic rings. The molecule has 0 unspecified atom stereocenters. The van der Waals surface area contributed by atoms with Crippen LogP contribution in [-0.4, -0.2) is 7.05 Å². The van der Waals surface area contributed by atoms with E-state index in [-0.39, 0.29) is 0 Å². The number of nitrogens with zero attached hydrogens (tertiary/aromatic N) is 2. The zero-order chi connectivity index (χ0) is 32.9. The van der Waals surface area contributed by atoms with Gasteiger partial charge in [0.05, 0.1) is 16.8 Å². The molecule has 2 heterocycles. The Morgan fingerprint density at radius 3 is 2.06 bits per heavy atom. The molecule has 0 saturated carbocycles. The third-order valence-corrected chi connectivity index (χ3v) is 9.38. The number of anilines is 5. The van der Waals surface area contributed by atoms with Gasteiger partial charge in [0.1, 0.15) is 11.2 Å². The molecule has 49 heavy (non-hydrogen) atoms. The molecule has 0 bridgehead atoms. The van der Waals surface area contributed by atoms with Gasteiger partial charge in [0.15, 0.2) is 11.3 Å². The Bertz CT molecular complexity index is 2720. The molecule has 4 nitrogen and oxygen atoms in total. The Morgan fingerprint density at radius 2 is 1.22 bits per heavy atom. The molecule has 0 saturated heterocycles. The Labute approximate surface area is 284 Å². The molecule has 0 radical (unpaired) electrons. The second kappa shape index (κ2) is 11.6. The largest absolute Gasteiger partial charge is 0.456 e. The quantitative estimate of drug-likeness (QED) is 0.164. The van der Waals surface area contributed by atoms with Crippen molar-refractivity contribution in [3.8, 4) is 0 Å². The maximum Gasteiger partial charge on any atom is 0.161 e. The van der Waals surface area contributed by atoms with Gasteiger partial charge in [-0.25, -0.2) is 0 Å². The number of rotatable bonds is 7. The van der Waals surface area contributed by atoms with Crippen LogP contribution in [0.1, 0.15) is 5.76 Å². The van der Waals surface area contributed by atoms with Crippen molar-refractivity contribution in [1.29, 1.82) is 0 Å².